The molecule has 1 atom stereocenters. The summed E-state index contributed by atoms with van der Waals surface area (Å²) in [5.41, 5.74) is 1.59. The van der Waals surface area contributed by atoms with Crippen molar-refractivity contribution in [2.24, 2.45) is 0 Å². The highest BCUT2D eigenvalue weighted by atomic mass is 35.5. The van der Waals surface area contributed by atoms with Crippen LogP contribution in [0, 0.1) is 12.7 Å². The number of sulfonamides is 1. The van der Waals surface area contributed by atoms with Crippen LogP contribution in [0.3, 0.4) is 0 Å². The smallest absolute Gasteiger partial charge is 0.264 e. The molecular weight excluding hydrogens is 529 g/mol. The summed E-state index contributed by atoms with van der Waals surface area (Å²) in [7, 11) is -4.22. The Morgan fingerprint density at radius 3 is 2.18 bits per heavy atom. The number of carbonyl (C=O) groups is 2. The van der Waals surface area contributed by atoms with E-state index >= 15 is 0 Å². The average Bonchev–Trinajstić information content (AvgIpc) is 2.89. The molecule has 0 aliphatic heterocycles. The minimum Gasteiger partial charge on any atom is -0.355 e. The van der Waals surface area contributed by atoms with Crippen molar-refractivity contribution >= 4 is 39.1 Å². The lowest BCUT2D eigenvalue weighted by Gasteiger charge is -2.33. The van der Waals surface area contributed by atoms with Gasteiger partial charge in [0.05, 0.1) is 10.6 Å². The molecule has 3 aromatic carbocycles. The van der Waals surface area contributed by atoms with Gasteiger partial charge in [0.1, 0.15) is 18.4 Å². The minimum absolute atomic E-state index is 0.00398. The van der Waals surface area contributed by atoms with Crippen LogP contribution >= 0.6 is 11.6 Å². The molecule has 2 amide bonds. The summed E-state index contributed by atoms with van der Waals surface area (Å²) in [6.45, 7) is 5.13. The molecule has 0 aliphatic rings. The topological polar surface area (TPSA) is 86.8 Å². The van der Waals surface area contributed by atoms with Crippen molar-refractivity contribution in [3.63, 3.8) is 0 Å². The lowest BCUT2D eigenvalue weighted by Crippen LogP contribution is -2.52. The Labute approximate surface area is 228 Å². The number of aryl methyl sites for hydroxylation is 1. The molecule has 7 nitrogen and oxygen atoms in total. The molecule has 0 aromatic heterocycles. The zero-order chi connectivity index (χ0) is 27.9. The largest absolute Gasteiger partial charge is 0.355 e. The molecule has 10 heteroatoms. The minimum atomic E-state index is -4.22. The van der Waals surface area contributed by atoms with Gasteiger partial charge in [-0.25, -0.2) is 12.8 Å². The fraction of sp³-hybridized carbons (Fsp3) is 0.286. The van der Waals surface area contributed by atoms with Gasteiger partial charge in [-0.15, -0.1) is 0 Å². The monoisotopic (exact) mass is 559 g/mol. The van der Waals surface area contributed by atoms with E-state index in [0.29, 0.717) is 23.6 Å². The van der Waals surface area contributed by atoms with Gasteiger partial charge in [0.2, 0.25) is 11.8 Å². The van der Waals surface area contributed by atoms with Crippen molar-refractivity contribution in [2.75, 3.05) is 17.4 Å². The van der Waals surface area contributed by atoms with E-state index in [0.717, 1.165) is 22.0 Å². The van der Waals surface area contributed by atoms with Crippen molar-refractivity contribution in [2.45, 2.75) is 44.7 Å². The van der Waals surface area contributed by atoms with Crippen LogP contribution in [0.1, 0.15) is 31.4 Å². The molecule has 3 rings (SSSR count). The molecule has 1 N–H and O–H groups in total. The molecule has 0 fully saturated rings. The first-order valence-electron chi connectivity index (χ1n) is 12.2. The fourth-order valence-electron chi connectivity index (χ4n) is 4.00. The molecule has 0 aliphatic carbocycles. The Morgan fingerprint density at radius 1 is 0.974 bits per heavy atom. The average molecular weight is 560 g/mol. The highest BCUT2D eigenvalue weighted by Gasteiger charge is 2.33. The number of amides is 2. The second-order valence-electron chi connectivity index (χ2n) is 8.73. The number of rotatable bonds is 11. The van der Waals surface area contributed by atoms with Crippen LogP contribution in [-0.4, -0.2) is 44.3 Å². The lowest BCUT2D eigenvalue weighted by molar-refractivity contribution is -0.140. The number of hydrogen-bond donors (Lipinski definition) is 1. The predicted octanol–water partition coefficient (Wildman–Crippen LogP) is 4.93. The van der Waals surface area contributed by atoms with Crippen LogP contribution in [0.2, 0.25) is 5.02 Å². The van der Waals surface area contributed by atoms with E-state index in [1.807, 2.05) is 6.92 Å². The van der Waals surface area contributed by atoms with Gasteiger partial charge in [-0.1, -0.05) is 54.4 Å². The molecule has 202 valence electrons. The highest BCUT2D eigenvalue weighted by Crippen LogP contribution is 2.26. The second kappa shape index (κ2) is 12.9. The van der Waals surface area contributed by atoms with Crippen molar-refractivity contribution in [1.29, 1.82) is 0 Å². The van der Waals surface area contributed by atoms with Crippen LogP contribution in [0.5, 0.6) is 0 Å². The van der Waals surface area contributed by atoms with Gasteiger partial charge >= 0.3 is 0 Å². The van der Waals surface area contributed by atoms with E-state index in [2.05, 4.69) is 5.32 Å². The van der Waals surface area contributed by atoms with E-state index < -0.39 is 34.3 Å². The maximum absolute atomic E-state index is 13.9. The Bertz CT molecular complexity index is 1370. The Morgan fingerprint density at radius 2 is 1.61 bits per heavy atom. The summed E-state index contributed by atoms with van der Waals surface area (Å²) in [6, 6.07) is 17.2. The zero-order valence-electron chi connectivity index (χ0n) is 21.5. The molecule has 3 aromatic rings. The normalized spacial score (nSPS) is 12.0. The van der Waals surface area contributed by atoms with Crippen LogP contribution in [0.25, 0.3) is 0 Å². The number of likely N-dealkylation sites (N-methyl/N-ethyl adjacent to an activating group) is 1. The van der Waals surface area contributed by atoms with Crippen molar-refractivity contribution in [3.8, 4) is 0 Å². The second-order valence-corrected chi connectivity index (χ2v) is 11.0. The van der Waals surface area contributed by atoms with Crippen LogP contribution in [0.15, 0.2) is 77.7 Å². The summed E-state index contributed by atoms with van der Waals surface area (Å²) in [4.78, 5) is 28.1. The number of nitrogens with zero attached hydrogens (tertiary/aromatic N) is 2. The van der Waals surface area contributed by atoms with Gasteiger partial charge in [0.25, 0.3) is 10.0 Å². The third-order valence-corrected chi connectivity index (χ3v) is 8.19. The first-order chi connectivity index (χ1) is 18.1. The first kappa shape index (κ1) is 29.1. The van der Waals surface area contributed by atoms with Crippen LogP contribution < -0.4 is 9.62 Å². The molecule has 0 radical (unpaired) electrons. The number of nitrogens with one attached hydrogen (secondary N) is 1. The molecule has 0 saturated heterocycles. The van der Waals surface area contributed by atoms with Crippen molar-refractivity contribution in [3.05, 3.63) is 94.8 Å². The molecular formula is C28H31ClFN3O4S. The summed E-state index contributed by atoms with van der Waals surface area (Å²) in [6.07, 6.45) is 0.295. The third-order valence-electron chi connectivity index (χ3n) is 6.04. The van der Waals surface area contributed by atoms with E-state index in [9.17, 15) is 22.4 Å². The van der Waals surface area contributed by atoms with E-state index in [1.54, 1.807) is 50.2 Å². The number of anilines is 1. The van der Waals surface area contributed by atoms with E-state index in [1.165, 1.54) is 29.2 Å². The van der Waals surface area contributed by atoms with Gasteiger partial charge in [0, 0.05) is 18.1 Å². The first-order valence-corrected chi connectivity index (χ1v) is 14.1. The van der Waals surface area contributed by atoms with E-state index in [4.69, 9.17) is 11.6 Å². The van der Waals surface area contributed by atoms with Gasteiger partial charge in [-0.2, -0.15) is 0 Å². The van der Waals surface area contributed by atoms with Gasteiger partial charge in [-0.05, 0) is 68.3 Å². The lowest BCUT2D eigenvalue weighted by atomic mass is 10.1. The van der Waals surface area contributed by atoms with Crippen LogP contribution in [0.4, 0.5) is 10.1 Å². The standard InChI is InChI=1S/C28H31ClFN3O4S/c1-4-26(28(35)31-5-2)32(18-21-8-6-7-9-25(21)29)27(34)19-33(23-14-12-22(30)13-15-23)38(36,37)24-16-10-20(3)11-17-24/h6-17,26H,4-5,18-19H2,1-3H3,(H,31,35)/t26-/m0/s1. The number of benzene rings is 3. The number of hydrogen-bond acceptors (Lipinski definition) is 4. The predicted molar refractivity (Wildman–Crippen MR) is 147 cm³/mol. The Hall–Kier alpha value is -3.43. The maximum Gasteiger partial charge on any atom is 0.264 e. The Kier molecular flexibility index (Phi) is 9.88. The molecule has 0 saturated carbocycles. The summed E-state index contributed by atoms with van der Waals surface area (Å²) in [5.74, 6) is -1.51. The molecule has 0 spiro atoms. The zero-order valence-corrected chi connectivity index (χ0v) is 23.1. The van der Waals surface area contributed by atoms with Crippen molar-refractivity contribution in [1.82, 2.24) is 10.2 Å². The number of carbonyl (C=O) groups excluding carboxylic acids is 2. The molecule has 0 heterocycles. The number of halogens is 2. The third kappa shape index (κ3) is 6.90. The Balaban J connectivity index is 2.06. The van der Waals surface area contributed by atoms with Crippen molar-refractivity contribution < 1.29 is 22.4 Å². The highest BCUT2D eigenvalue weighted by molar-refractivity contribution is 7.92. The summed E-state index contributed by atoms with van der Waals surface area (Å²) < 4.78 is 42.1. The maximum atomic E-state index is 13.9. The van der Waals surface area contributed by atoms with Crippen LogP contribution in [-0.2, 0) is 26.2 Å². The molecule has 0 bridgehead atoms. The molecule has 0 unspecified atom stereocenters. The summed E-state index contributed by atoms with van der Waals surface area (Å²) >= 11 is 6.36. The van der Waals surface area contributed by atoms with Gasteiger partial charge in [0.15, 0.2) is 0 Å². The van der Waals surface area contributed by atoms with Gasteiger partial charge in [-0.3, -0.25) is 13.9 Å². The summed E-state index contributed by atoms with van der Waals surface area (Å²) in [5, 5.41) is 3.16. The van der Waals surface area contributed by atoms with Gasteiger partial charge < -0.3 is 10.2 Å². The molecule has 38 heavy (non-hydrogen) atoms. The fourth-order valence-corrected chi connectivity index (χ4v) is 5.60. The van der Waals surface area contributed by atoms with E-state index in [-0.39, 0.29) is 23.0 Å². The quantitative estimate of drug-likeness (QED) is 0.361. The SMILES string of the molecule is CCNC(=O)[C@H](CC)N(Cc1ccccc1Cl)C(=O)CN(c1ccc(F)cc1)S(=O)(=O)c1ccc(C)cc1.